The van der Waals surface area contributed by atoms with Crippen LogP contribution in [0, 0.1) is 18.7 Å². The number of methoxy groups -OCH3 is 1. The lowest BCUT2D eigenvalue weighted by Gasteiger charge is -2.41. The number of hydrogen-bond donors (Lipinski definition) is 3. The van der Waals surface area contributed by atoms with Crippen molar-refractivity contribution < 1.29 is 19.0 Å². The lowest BCUT2D eigenvalue weighted by atomic mass is 9.87. The summed E-state index contributed by atoms with van der Waals surface area (Å²) in [5.41, 5.74) is 3.31. The van der Waals surface area contributed by atoms with Crippen LogP contribution in [0.2, 0.25) is 0 Å². The van der Waals surface area contributed by atoms with Crippen LogP contribution in [0.3, 0.4) is 0 Å². The van der Waals surface area contributed by atoms with Crippen molar-refractivity contribution in [1.29, 1.82) is 0 Å². The summed E-state index contributed by atoms with van der Waals surface area (Å²) in [7, 11) is 1.44. The summed E-state index contributed by atoms with van der Waals surface area (Å²) >= 11 is 0. The van der Waals surface area contributed by atoms with Gasteiger partial charge in [0, 0.05) is 61.3 Å². The molecular weight excluding hydrogens is 561 g/mol. The maximum atomic E-state index is 14.4. The summed E-state index contributed by atoms with van der Waals surface area (Å²) in [4.78, 5) is 26.8. The Labute approximate surface area is 256 Å². The number of carbonyl (C=O) groups is 1. The van der Waals surface area contributed by atoms with Gasteiger partial charge in [0.15, 0.2) is 23.0 Å². The molecular formula is C33H40FN7O3. The Morgan fingerprint density at radius 2 is 1.93 bits per heavy atom. The first-order valence-corrected chi connectivity index (χ1v) is 15.3. The zero-order chi connectivity index (χ0) is 30.8. The number of rotatable bonds is 10. The maximum Gasteiger partial charge on any atom is 0.254 e. The topological polar surface area (TPSA) is 107 Å². The van der Waals surface area contributed by atoms with Crippen molar-refractivity contribution in [3.63, 3.8) is 0 Å². The molecule has 2 aromatic heterocycles. The van der Waals surface area contributed by atoms with Crippen LogP contribution in [-0.2, 0) is 0 Å². The standard InChI is InChI=1S/C33H40FN7O3/c1-22-19-25(38-30-31-36-21-28(41(31)18-11-35-30)23-5-8-29(44-3)27(34)20-23)6-7-26(22)32(42)40-15-9-24(10-16-40)33(2,43)37-12-17-39-13-4-14-39/h5-8,11,18-21,24,37,43H,4,9-10,12-17H2,1-3H3,(H,35,38). The number of imidazole rings is 1. The van der Waals surface area contributed by atoms with Crippen LogP contribution in [0.25, 0.3) is 16.9 Å². The number of anilines is 2. The Hall–Kier alpha value is -4.06. The molecule has 2 fully saturated rings. The highest BCUT2D eigenvalue weighted by atomic mass is 19.1. The summed E-state index contributed by atoms with van der Waals surface area (Å²) in [6.45, 7) is 9.02. The van der Waals surface area contributed by atoms with E-state index in [9.17, 15) is 14.3 Å². The highest BCUT2D eigenvalue weighted by molar-refractivity contribution is 5.96. The zero-order valence-corrected chi connectivity index (χ0v) is 25.5. The summed E-state index contributed by atoms with van der Waals surface area (Å²) in [6, 6.07) is 10.4. The van der Waals surface area contributed by atoms with Gasteiger partial charge < -0.3 is 25.0 Å². The summed E-state index contributed by atoms with van der Waals surface area (Å²) in [6.07, 6.45) is 7.89. The van der Waals surface area contributed by atoms with Gasteiger partial charge in [-0.3, -0.25) is 14.5 Å². The predicted molar refractivity (Wildman–Crippen MR) is 168 cm³/mol. The fourth-order valence-corrected chi connectivity index (χ4v) is 6.20. The van der Waals surface area contributed by atoms with Gasteiger partial charge >= 0.3 is 0 Å². The normalized spacial score (nSPS) is 17.3. The van der Waals surface area contributed by atoms with Gasteiger partial charge in [-0.25, -0.2) is 14.4 Å². The number of carbonyl (C=O) groups excluding carboxylic acids is 1. The number of nitrogens with zero attached hydrogens (tertiary/aromatic N) is 5. The number of fused-ring (bicyclic) bond motifs is 1. The van der Waals surface area contributed by atoms with Gasteiger partial charge in [-0.05, 0) is 88.2 Å². The van der Waals surface area contributed by atoms with E-state index >= 15 is 0 Å². The van der Waals surface area contributed by atoms with E-state index in [4.69, 9.17) is 4.74 Å². The summed E-state index contributed by atoms with van der Waals surface area (Å²) < 4.78 is 21.3. The van der Waals surface area contributed by atoms with E-state index in [1.165, 1.54) is 19.6 Å². The van der Waals surface area contributed by atoms with Crippen LogP contribution in [0.1, 0.15) is 42.1 Å². The Kier molecular flexibility index (Phi) is 8.53. The smallest absolute Gasteiger partial charge is 0.254 e. The SMILES string of the molecule is COc1ccc(-c2cnc3c(Nc4ccc(C(=O)N5CCC(C(C)(O)NCCN6CCC6)CC5)c(C)c4)nccn23)cc1F. The molecule has 0 bridgehead atoms. The van der Waals surface area contributed by atoms with E-state index in [2.05, 4.69) is 25.5 Å². The molecule has 4 aromatic rings. The molecule has 2 aliphatic heterocycles. The third-order valence-electron chi connectivity index (χ3n) is 9.03. The van der Waals surface area contributed by atoms with E-state index in [-0.39, 0.29) is 17.6 Å². The third kappa shape index (κ3) is 6.12. The largest absolute Gasteiger partial charge is 0.494 e. The molecule has 0 aliphatic carbocycles. The van der Waals surface area contributed by atoms with E-state index in [1.54, 1.807) is 30.7 Å². The molecule has 11 heteroatoms. The molecule has 3 N–H and O–H groups in total. The van der Waals surface area contributed by atoms with Crippen molar-refractivity contribution in [2.24, 2.45) is 5.92 Å². The van der Waals surface area contributed by atoms with Gasteiger partial charge in [0.1, 0.15) is 5.72 Å². The van der Waals surface area contributed by atoms with Crippen molar-refractivity contribution in [3.05, 3.63) is 71.9 Å². The predicted octanol–water partition coefficient (Wildman–Crippen LogP) is 4.45. The molecule has 0 spiro atoms. The number of benzene rings is 2. The molecule has 0 radical (unpaired) electrons. The third-order valence-corrected chi connectivity index (χ3v) is 9.03. The number of aryl methyl sites for hydroxylation is 1. The minimum absolute atomic E-state index is 0.00253. The van der Waals surface area contributed by atoms with E-state index in [1.807, 2.05) is 41.3 Å². The van der Waals surface area contributed by atoms with Crippen molar-refractivity contribution >= 4 is 23.1 Å². The second-order valence-corrected chi connectivity index (χ2v) is 12.0. The van der Waals surface area contributed by atoms with E-state index in [0.29, 0.717) is 35.7 Å². The number of aliphatic hydroxyl groups is 1. The average molecular weight is 602 g/mol. The molecule has 4 heterocycles. The van der Waals surface area contributed by atoms with Gasteiger partial charge in [-0.1, -0.05) is 0 Å². The fraction of sp³-hybridized carbons (Fsp3) is 0.424. The van der Waals surface area contributed by atoms with Gasteiger partial charge in [-0.2, -0.15) is 0 Å². The van der Waals surface area contributed by atoms with Crippen LogP contribution in [-0.4, -0.2) is 87.3 Å². The Morgan fingerprint density at radius 1 is 1.14 bits per heavy atom. The minimum Gasteiger partial charge on any atom is -0.494 e. The van der Waals surface area contributed by atoms with Gasteiger partial charge in [0.2, 0.25) is 0 Å². The second kappa shape index (κ2) is 12.5. The lowest BCUT2D eigenvalue weighted by Crippen LogP contribution is -2.55. The van der Waals surface area contributed by atoms with Crippen LogP contribution < -0.4 is 15.4 Å². The highest BCUT2D eigenvalue weighted by Crippen LogP contribution is 2.30. The number of hydrogen-bond acceptors (Lipinski definition) is 8. The van der Waals surface area contributed by atoms with Crippen molar-refractivity contribution in [3.8, 4) is 17.0 Å². The highest BCUT2D eigenvalue weighted by Gasteiger charge is 2.35. The number of piperidine rings is 1. The molecule has 2 aromatic carbocycles. The van der Waals surface area contributed by atoms with E-state index < -0.39 is 11.5 Å². The average Bonchev–Trinajstić information content (AvgIpc) is 3.43. The molecule has 232 valence electrons. The van der Waals surface area contributed by atoms with Gasteiger partial charge in [0.25, 0.3) is 5.91 Å². The molecule has 44 heavy (non-hydrogen) atoms. The quantitative estimate of drug-likeness (QED) is 0.229. The van der Waals surface area contributed by atoms with Crippen molar-refractivity contribution in [2.75, 3.05) is 51.7 Å². The van der Waals surface area contributed by atoms with Crippen LogP contribution in [0.15, 0.2) is 55.0 Å². The van der Waals surface area contributed by atoms with Crippen LogP contribution in [0.5, 0.6) is 5.75 Å². The minimum atomic E-state index is -0.944. The number of halogens is 1. The molecule has 1 atom stereocenters. The van der Waals surface area contributed by atoms with Crippen LogP contribution >= 0.6 is 0 Å². The number of likely N-dealkylation sites (tertiary alicyclic amines) is 2. The molecule has 1 amide bonds. The van der Waals surface area contributed by atoms with Crippen molar-refractivity contribution in [1.82, 2.24) is 29.5 Å². The number of ether oxygens (including phenoxy) is 1. The number of nitrogens with one attached hydrogen (secondary N) is 2. The molecule has 2 aliphatic rings. The molecule has 0 saturated carbocycles. The second-order valence-electron chi connectivity index (χ2n) is 12.0. The number of amides is 1. The van der Waals surface area contributed by atoms with Gasteiger partial charge in [-0.15, -0.1) is 0 Å². The van der Waals surface area contributed by atoms with Crippen molar-refractivity contribution in [2.45, 2.75) is 38.8 Å². The monoisotopic (exact) mass is 601 g/mol. The lowest BCUT2D eigenvalue weighted by molar-refractivity contribution is -0.0543. The summed E-state index contributed by atoms with van der Waals surface area (Å²) in [5, 5.41) is 17.7. The molecule has 6 rings (SSSR count). The number of aromatic nitrogens is 3. The first kappa shape index (κ1) is 30.0. The first-order valence-electron chi connectivity index (χ1n) is 15.3. The molecule has 2 saturated heterocycles. The Bertz CT molecular complexity index is 1640. The summed E-state index contributed by atoms with van der Waals surface area (Å²) in [5.74, 6) is 0.375. The van der Waals surface area contributed by atoms with E-state index in [0.717, 1.165) is 56.0 Å². The Morgan fingerprint density at radius 3 is 2.61 bits per heavy atom. The molecule has 10 nitrogen and oxygen atoms in total. The fourth-order valence-electron chi connectivity index (χ4n) is 6.20. The van der Waals surface area contributed by atoms with Crippen LogP contribution in [0.4, 0.5) is 15.9 Å². The molecule has 1 unspecified atom stereocenters. The first-order chi connectivity index (χ1) is 21.2. The zero-order valence-electron chi connectivity index (χ0n) is 25.5. The Balaban J connectivity index is 1.10. The maximum absolute atomic E-state index is 14.4. The van der Waals surface area contributed by atoms with Gasteiger partial charge in [0.05, 0.1) is 19.0 Å².